The predicted molar refractivity (Wildman–Crippen MR) is 120 cm³/mol. The van der Waals surface area contributed by atoms with E-state index < -0.39 is 24.3 Å². The van der Waals surface area contributed by atoms with Crippen LogP contribution < -0.4 is 0 Å². The molecule has 0 heterocycles. The molecule has 0 aromatic carbocycles. The largest absolute Gasteiger partial charge is 0.481 e. The lowest BCUT2D eigenvalue weighted by Gasteiger charge is -2.10. The van der Waals surface area contributed by atoms with E-state index in [1.165, 1.54) is 19.3 Å². The molecule has 0 aromatic heterocycles. The first-order valence-corrected chi connectivity index (χ1v) is 11.1. The molecule has 11 nitrogen and oxygen atoms in total. The highest BCUT2D eigenvalue weighted by atomic mass is 16.4. The zero-order chi connectivity index (χ0) is 25.8. The van der Waals surface area contributed by atoms with Gasteiger partial charge in [-0.1, -0.05) is 52.4 Å². The molecule has 1 atom stereocenters. The van der Waals surface area contributed by atoms with Crippen molar-refractivity contribution in [2.45, 2.75) is 83.5 Å². The van der Waals surface area contributed by atoms with Crippen molar-refractivity contribution in [1.29, 1.82) is 0 Å². The van der Waals surface area contributed by atoms with Crippen LogP contribution in [0.4, 0.5) is 0 Å². The molecule has 11 heteroatoms. The summed E-state index contributed by atoms with van der Waals surface area (Å²) >= 11 is 0. The fraction of sp³-hybridized carbons (Fsp3) is 0.952. The maximum absolute atomic E-state index is 10.9. The van der Waals surface area contributed by atoms with Gasteiger partial charge in [0, 0.05) is 0 Å². The monoisotopic (exact) mass is 476 g/mol. The van der Waals surface area contributed by atoms with Gasteiger partial charge >= 0.3 is 5.97 Å². The molecule has 0 aliphatic rings. The molecule has 0 aliphatic carbocycles. The van der Waals surface area contributed by atoms with Gasteiger partial charge in [0.05, 0.1) is 45.6 Å². The van der Waals surface area contributed by atoms with Gasteiger partial charge in [0.25, 0.3) is 0 Å². The molecule has 198 valence electrons. The first-order chi connectivity index (χ1) is 15.1. The zero-order valence-corrected chi connectivity index (χ0v) is 19.6. The first kappa shape index (κ1) is 38.4. The molecule has 0 aliphatic heterocycles. The minimum absolute atomic E-state index is 0.0909. The minimum atomic E-state index is -0.954. The summed E-state index contributed by atoms with van der Waals surface area (Å²) in [6.07, 6.45) is 5.73. The number of carbonyl (C=O) groups is 1. The van der Waals surface area contributed by atoms with E-state index in [4.69, 9.17) is 51.1 Å². The van der Waals surface area contributed by atoms with Crippen molar-refractivity contribution in [1.82, 2.24) is 0 Å². The van der Waals surface area contributed by atoms with E-state index in [-0.39, 0.29) is 45.6 Å². The van der Waals surface area contributed by atoms with Gasteiger partial charge in [-0.05, 0) is 12.8 Å². The van der Waals surface area contributed by atoms with Gasteiger partial charge in [-0.3, -0.25) is 4.79 Å². The second kappa shape index (κ2) is 32.3. The van der Waals surface area contributed by atoms with Crippen molar-refractivity contribution in [2.75, 3.05) is 39.6 Å². The fourth-order valence-electron chi connectivity index (χ4n) is 1.83. The van der Waals surface area contributed by atoms with Gasteiger partial charge in [0.1, 0.15) is 18.3 Å². The van der Waals surface area contributed by atoms with E-state index in [0.29, 0.717) is 0 Å². The van der Waals surface area contributed by atoms with Crippen LogP contribution in [0.15, 0.2) is 0 Å². The lowest BCUT2D eigenvalue weighted by atomic mass is 9.95. The Morgan fingerprint density at radius 2 is 0.875 bits per heavy atom. The van der Waals surface area contributed by atoms with Crippen molar-refractivity contribution in [3.63, 3.8) is 0 Å². The van der Waals surface area contributed by atoms with Gasteiger partial charge in [-0.15, -0.1) is 0 Å². The van der Waals surface area contributed by atoms with Crippen molar-refractivity contribution in [3.05, 3.63) is 0 Å². The van der Waals surface area contributed by atoms with Gasteiger partial charge < -0.3 is 51.1 Å². The molecule has 0 saturated heterocycles. The molecule has 0 amide bonds. The molecule has 1 unspecified atom stereocenters. The first-order valence-electron chi connectivity index (χ1n) is 11.1. The Balaban J connectivity index is -0.000000182. The van der Waals surface area contributed by atoms with Crippen LogP contribution in [0.1, 0.15) is 65.2 Å². The average molecular weight is 477 g/mol. The smallest absolute Gasteiger partial charge is 0.306 e. The normalized spacial score (nSPS) is 11.2. The van der Waals surface area contributed by atoms with Crippen LogP contribution in [0.25, 0.3) is 0 Å². The van der Waals surface area contributed by atoms with Crippen LogP contribution in [-0.2, 0) is 4.79 Å². The third kappa shape index (κ3) is 36.5. The molecule has 0 saturated carbocycles. The van der Waals surface area contributed by atoms with E-state index in [2.05, 4.69) is 13.8 Å². The van der Waals surface area contributed by atoms with Crippen LogP contribution in [0, 0.1) is 5.92 Å². The molecular weight excluding hydrogens is 428 g/mol. The van der Waals surface area contributed by atoms with Crippen LogP contribution in [0.5, 0.6) is 0 Å². The molecule has 0 bridgehead atoms. The Hall–Kier alpha value is -0.890. The van der Waals surface area contributed by atoms with Gasteiger partial charge in [0.2, 0.25) is 0 Å². The minimum Gasteiger partial charge on any atom is -0.481 e. The quantitative estimate of drug-likeness (QED) is 0.127. The number of rotatable bonds is 15. The summed E-state index contributed by atoms with van der Waals surface area (Å²) in [6.45, 7) is 2.09. The number of aliphatic hydroxyl groups excluding tert-OH is 9. The Kier molecular flexibility index (Phi) is 38.7. The Labute approximate surface area is 191 Å². The number of carboxylic acid groups (broad SMARTS) is 1. The van der Waals surface area contributed by atoms with E-state index in [1.54, 1.807) is 0 Å². The lowest BCUT2D eigenvalue weighted by molar-refractivity contribution is -0.142. The molecule has 0 radical (unpaired) electrons. The number of carboxylic acids is 1. The van der Waals surface area contributed by atoms with Gasteiger partial charge in [-0.2, -0.15) is 0 Å². The number of aliphatic hydroxyl groups is 9. The third-order valence-corrected chi connectivity index (χ3v) is 3.93. The second-order valence-electron chi connectivity index (χ2n) is 7.08. The predicted octanol–water partition coefficient (Wildman–Crippen LogP) is -1.16. The van der Waals surface area contributed by atoms with Crippen molar-refractivity contribution in [3.8, 4) is 0 Å². The number of unbranched alkanes of at least 4 members (excludes halogenated alkanes) is 4. The van der Waals surface area contributed by atoms with Crippen molar-refractivity contribution >= 4 is 5.97 Å². The number of aliphatic carboxylic acids is 1. The Morgan fingerprint density at radius 3 is 1.09 bits per heavy atom. The third-order valence-electron chi connectivity index (χ3n) is 3.93. The molecular formula is C21H48O11. The molecule has 0 spiro atoms. The molecule has 32 heavy (non-hydrogen) atoms. The topological polar surface area (TPSA) is 219 Å². The van der Waals surface area contributed by atoms with E-state index in [9.17, 15) is 4.79 Å². The molecule has 0 rings (SSSR count). The van der Waals surface area contributed by atoms with Crippen molar-refractivity contribution in [2.24, 2.45) is 5.92 Å². The van der Waals surface area contributed by atoms with Crippen molar-refractivity contribution < 1.29 is 55.9 Å². The maximum atomic E-state index is 10.9. The summed E-state index contributed by atoms with van der Waals surface area (Å²) < 4.78 is 0. The second-order valence-corrected chi connectivity index (χ2v) is 7.08. The summed E-state index contributed by atoms with van der Waals surface area (Å²) in [4.78, 5) is 10.9. The molecule has 0 aromatic rings. The molecule has 0 fully saturated rings. The lowest BCUT2D eigenvalue weighted by Crippen LogP contribution is -2.15. The Morgan fingerprint density at radius 1 is 0.562 bits per heavy atom. The van der Waals surface area contributed by atoms with E-state index >= 15 is 0 Å². The standard InChI is InChI=1S/C12H24O2.3C3H8O3/c1-3-5-7-8-10-11(12(13)14)9-6-4-2;3*4-1-3(6)2-5/h11H,3-10H2,1-2H3,(H,13,14);3*3-6H,1-2H2. The summed E-state index contributed by atoms with van der Waals surface area (Å²) in [7, 11) is 0. The highest BCUT2D eigenvalue weighted by Gasteiger charge is 2.15. The highest BCUT2D eigenvalue weighted by molar-refractivity contribution is 5.69. The van der Waals surface area contributed by atoms with E-state index in [0.717, 1.165) is 32.1 Å². The summed E-state index contributed by atoms with van der Waals surface area (Å²) in [6, 6.07) is 0. The number of hydrogen-bond acceptors (Lipinski definition) is 10. The average Bonchev–Trinajstić information content (AvgIpc) is 2.82. The zero-order valence-electron chi connectivity index (χ0n) is 19.6. The Bertz CT molecular complexity index is 310. The maximum Gasteiger partial charge on any atom is 0.306 e. The van der Waals surface area contributed by atoms with Crippen LogP contribution >= 0.6 is 0 Å². The summed E-state index contributed by atoms with van der Waals surface area (Å²) in [5, 5.41) is 81.0. The SMILES string of the molecule is CCCCCCC(CCCC)C(=O)O.OCC(O)CO.OCC(O)CO.OCC(O)CO. The van der Waals surface area contributed by atoms with Crippen LogP contribution in [0.2, 0.25) is 0 Å². The van der Waals surface area contributed by atoms with Crippen LogP contribution in [0.3, 0.4) is 0 Å². The van der Waals surface area contributed by atoms with Gasteiger partial charge in [0.15, 0.2) is 0 Å². The molecule has 10 N–H and O–H groups in total. The number of hydrogen-bond donors (Lipinski definition) is 10. The summed E-state index contributed by atoms with van der Waals surface area (Å²) in [5.41, 5.74) is 0. The summed E-state index contributed by atoms with van der Waals surface area (Å²) in [5.74, 6) is -0.693. The van der Waals surface area contributed by atoms with Gasteiger partial charge in [-0.25, -0.2) is 0 Å². The van der Waals surface area contributed by atoms with Crippen LogP contribution in [-0.4, -0.2) is 115 Å². The highest BCUT2D eigenvalue weighted by Crippen LogP contribution is 2.17. The van der Waals surface area contributed by atoms with E-state index in [1.807, 2.05) is 0 Å². The fourth-order valence-corrected chi connectivity index (χ4v) is 1.83.